The van der Waals surface area contributed by atoms with Crippen LogP contribution in [-0.4, -0.2) is 36.4 Å². The second-order valence-corrected chi connectivity index (χ2v) is 4.08. The van der Waals surface area contributed by atoms with Gasteiger partial charge in [0, 0.05) is 20.0 Å². The zero-order chi connectivity index (χ0) is 15.0. The van der Waals surface area contributed by atoms with E-state index >= 15 is 0 Å². The molecule has 7 heteroatoms. The van der Waals surface area contributed by atoms with Gasteiger partial charge in [-0.15, -0.1) is 0 Å². The van der Waals surface area contributed by atoms with Gasteiger partial charge in [0.05, 0.1) is 0 Å². The third-order valence-corrected chi connectivity index (χ3v) is 2.74. The van der Waals surface area contributed by atoms with E-state index < -0.39 is 11.8 Å². The lowest BCUT2D eigenvalue weighted by atomic mass is 9.97. The summed E-state index contributed by atoms with van der Waals surface area (Å²) in [7, 11) is 1.52. The van der Waals surface area contributed by atoms with E-state index in [1.165, 1.54) is 7.05 Å². The Bertz CT molecular complexity index is 488. The van der Waals surface area contributed by atoms with Crippen LogP contribution in [0.3, 0.4) is 0 Å². The minimum Gasteiger partial charge on any atom is -0.409 e. The van der Waals surface area contributed by atoms with Gasteiger partial charge in [0.1, 0.15) is 5.92 Å². The highest BCUT2D eigenvalue weighted by atomic mass is 16.4. The van der Waals surface area contributed by atoms with Crippen LogP contribution in [-0.2, 0) is 9.59 Å². The van der Waals surface area contributed by atoms with Gasteiger partial charge in [-0.2, -0.15) is 0 Å². The second kappa shape index (κ2) is 7.78. The Labute approximate surface area is 116 Å². The monoisotopic (exact) mass is 278 g/mol. The van der Waals surface area contributed by atoms with E-state index in [0.717, 1.165) is 0 Å². The number of hydrogen-bond acceptors (Lipinski definition) is 4. The molecule has 0 heterocycles. The number of nitrogens with one attached hydrogen (secondary N) is 2. The normalized spacial score (nSPS) is 12.6. The molecular weight excluding hydrogens is 260 g/mol. The van der Waals surface area contributed by atoms with Crippen LogP contribution in [0.1, 0.15) is 17.9 Å². The van der Waals surface area contributed by atoms with Gasteiger partial charge in [-0.05, 0) is 5.56 Å². The average molecular weight is 278 g/mol. The first-order valence-corrected chi connectivity index (χ1v) is 6.10. The number of amides is 2. The van der Waals surface area contributed by atoms with E-state index in [2.05, 4.69) is 15.8 Å². The van der Waals surface area contributed by atoms with Crippen LogP contribution in [0.2, 0.25) is 0 Å². The van der Waals surface area contributed by atoms with Crippen molar-refractivity contribution in [1.29, 1.82) is 0 Å². The molecule has 5 N–H and O–H groups in total. The van der Waals surface area contributed by atoms with E-state index in [1.807, 2.05) is 0 Å². The van der Waals surface area contributed by atoms with E-state index in [-0.39, 0.29) is 24.7 Å². The average Bonchev–Trinajstić information content (AvgIpc) is 2.48. The van der Waals surface area contributed by atoms with Crippen molar-refractivity contribution in [3.63, 3.8) is 0 Å². The molecule has 20 heavy (non-hydrogen) atoms. The first-order valence-electron chi connectivity index (χ1n) is 6.10. The standard InChI is InChI=1S/C13H18N4O3/c1-15-10(18)7-8-16-13(19)11(12(14)17-20)9-5-3-2-4-6-9/h2-6,11,20H,7-8H2,1H3,(H2,14,17)(H,15,18)(H,16,19). The summed E-state index contributed by atoms with van der Waals surface area (Å²) >= 11 is 0. The van der Waals surface area contributed by atoms with E-state index in [4.69, 9.17) is 10.9 Å². The summed E-state index contributed by atoms with van der Waals surface area (Å²) in [5.41, 5.74) is 6.18. The van der Waals surface area contributed by atoms with Gasteiger partial charge in [-0.3, -0.25) is 9.59 Å². The summed E-state index contributed by atoms with van der Waals surface area (Å²) in [6, 6.07) is 8.73. The minimum absolute atomic E-state index is 0.167. The largest absolute Gasteiger partial charge is 0.409 e. The molecule has 0 fully saturated rings. The molecule has 0 saturated heterocycles. The summed E-state index contributed by atoms with van der Waals surface area (Å²) in [5, 5.41) is 16.7. The highest BCUT2D eigenvalue weighted by molar-refractivity contribution is 6.07. The summed E-state index contributed by atoms with van der Waals surface area (Å²) < 4.78 is 0. The molecule has 0 aliphatic rings. The van der Waals surface area contributed by atoms with Gasteiger partial charge in [0.2, 0.25) is 11.8 Å². The Hall–Kier alpha value is -2.57. The fraction of sp³-hybridized carbons (Fsp3) is 0.308. The Kier molecular flexibility index (Phi) is 6.02. The number of nitrogens with two attached hydrogens (primary N) is 1. The van der Waals surface area contributed by atoms with Crippen molar-refractivity contribution in [3.05, 3.63) is 35.9 Å². The number of rotatable bonds is 6. The quantitative estimate of drug-likeness (QED) is 0.249. The van der Waals surface area contributed by atoms with Crippen molar-refractivity contribution in [1.82, 2.24) is 10.6 Å². The summed E-state index contributed by atoms with van der Waals surface area (Å²) in [6.45, 7) is 0.181. The van der Waals surface area contributed by atoms with Crippen molar-refractivity contribution in [2.24, 2.45) is 10.9 Å². The van der Waals surface area contributed by atoms with Crippen molar-refractivity contribution in [2.45, 2.75) is 12.3 Å². The van der Waals surface area contributed by atoms with Crippen molar-refractivity contribution in [2.75, 3.05) is 13.6 Å². The molecule has 0 aromatic heterocycles. The van der Waals surface area contributed by atoms with Crippen molar-refractivity contribution in [3.8, 4) is 0 Å². The molecule has 0 aliphatic carbocycles. The molecule has 0 spiro atoms. The number of hydrogen-bond donors (Lipinski definition) is 4. The number of oxime groups is 1. The molecule has 1 rings (SSSR count). The zero-order valence-electron chi connectivity index (χ0n) is 11.2. The molecule has 1 aromatic rings. The molecule has 1 aromatic carbocycles. The van der Waals surface area contributed by atoms with E-state index in [0.29, 0.717) is 5.56 Å². The fourth-order valence-corrected chi connectivity index (χ4v) is 1.69. The molecule has 0 aliphatic heterocycles. The smallest absolute Gasteiger partial charge is 0.235 e. The van der Waals surface area contributed by atoms with Gasteiger partial charge in [0.25, 0.3) is 0 Å². The third kappa shape index (κ3) is 4.27. The Morgan fingerprint density at radius 1 is 1.35 bits per heavy atom. The highest BCUT2D eigenvalue weighted by Crippen LogP contribution is 2.15. The second-order valence-electron chi connectivity index (χ2n) is 4.08. The van der Waals surface area contributed by atoms with Gasteiger partial charge >= 0.3 is 0 Å². The van der Waals surface area contributed by atoms with Crippen LogP contribution in [0.25, 0.3) is 0 Å². The maximum atomic E-state index is 12.1. The molecule has 0 radical (unpaired) electrons. The first-order chi connectivity index (χ1) is 9.60. The Balaban J connectivity index is 2.75. The number of carbonyl (C=O) groups is 2. The molecule has 1 atom stereocenters. The molecule has 0 saturated carbocycles. The summed E-state index contributed by atoms with van der Waals surface area (Å²) in [4.78, 5) is 23.2. The van der Waals surface area contributed by atoms with Crippen LogP contribution < -0.4 is 16.4 Å². The van der Waals surface area contributed by atoms with Gasteiger partial charge in [-0.1, -0.05) is 35.5 Å². The molecule has 7 nitrogen and oxygen atoms in total. The molecule has 1 unspecified atom stereocenters. The lowest BCUT2D eigenvalue weighted by Gasteiger charge is -2.15. The molecular formula is C13H18N4O3. The summed E-state index contributed by atoms with van der Waals surface area (Å²) in [6.07, 6.45) is 0.167. The van der Waals surface area contributed by atoms with Gasteiger partial charge < -0.3 is 21.6 Å². The molecule has 108 valence electrons. The van der Waals surface area contributed by atoms with E-state index in [9.17, 15) is 9.59 Å². The minimum atomic E-state index is -0.883. The number of nitrogens with zero attached hydrogens (tertiary/aromatic N) is 1. The Morgan fingerprint density at radius 3 is 2.55 bits per heavy atom. The number of carbonyl (C=O) groups excluding carboxylic acids is 2. The van der Waals surface area contributed by atoms with Crippen LogP contribution in [0, 0.1) is 0 Å². The summed E-state index contributed by atoms with van der Waals surface area (Å²) in [5.74, 6) is -1.68. The first kappa shape index (κ1) is 15.5. The predicted molar refractivity (Wildman–Crippen MR) is 74.3 cm³/mol. The topological polar surface area (TPSA) is 117 Å². The van der Waals surface area contributed by atoms with Crippen LogP contribution in [0.4, 0.5) is 0 Å². The lowest BCUT2D eigenvalue weighted by molar-refractivity contribution is -0.122. The molecule has 0 bridgehead atoms. The SMILES string of the molecule is CNC(=O)CCNC(=O)C(C(N)=NO)c1ccccc1. The van der Waals surface area contributed by atoms with Gasteiger partial charge in [0.15, 0.2) is 5.84 Å². The third-order valence-electron chi connectivity index (χ3n) is 2.74. The van der Waals surface area contributed by atoms with Crippen molar-refractivity contribution >= 4 is 17.6 Å². The fourth-order valence-electron chi connectivity index (χ4n) is 1.69. The maximum absolute atomic E-state index is 12.1. The number of benzene rings is 1. The van der Waals surface area contributed by atoms with Crippen LogP contribution in [0.5, 0.6) is 0 Å². The van der Waals surface area contributed by atoms with Crippen LogP contribution >= 0.6 is 0 Å². The van der Waals surface area contributed by atoms with Crippen molar-refractivity contribution < 1.29 is 14.8 Å². The van der Waals surface area contributed by atoms with Gasteiger partial charge in [-0.25, -0.2) is 0 Å². The Morgan fingerprint density at radius 2 is 2.00 bits per heavy atom. The highest BCUT2D eigenvalue weighted by Gasteiger charge is 2.24. The maximum Gasteiger partial charge on any atom is 0.235 e. The zero-order valence-corrected chi connectivity index (χ0v) is 11.2. The number of amidine groups is 1. The predicted octanol–water partition coefficient (Wildman–Crippen LogP) is -0.231. The lowest BCUT2D eigenvalue weighted by Crippen LogP contribution is -2.38. The molecule has 2 amide bonds. The van der Waals surface area contributed by atoms with E-state index in [1.54, 1.807) is 30.3 Å². The van der Waals surface area contributed by atoms with Crippen LogP contribution in [0.15, 0.2) is 35.5 Å².